The van der Waals surface area contributed by atoms with Crippen LogP contribution in [0, 0.1) is 0 Å². The minimum Gasteiger partial charge on any atom is -0.475 e. The van der Waals surface area contributed by atoms with Gasteiger partial charge in [-0.25, -0.2) is 4.79 Å². The maximum atomic E-state index is 10.6. The van der Waals surface area contributed by atoms with Gasteiger partial charge in [0.15, 0.2) is 12.0 Å². The lowest BCUT2D eigenvalue weighted by Crippen LogP contribution is -2.27. The smallest absolute Gasteiger partial charge is 0.475 e. The first-order valence-corrected chi connectivity index (χ1v) is 7.33. The zero-order valence-corrected chi connectivity index (χ0v) is 13.4. The molecule has 0 aliphatic rings. The monoisotopic (exact) mass is 357 g/mol. The van der Waals surface area contributed by atoms with Crippen molar-refractivity contribution < 1.29 is 32.3 Å². The fourth-order valence-electron chi connectivity index (χ4n) is 1.87. The van der Waals surface area contributed by atoms with E-state index >= 15 is 0 Å². The molecule has 0 saturated heterocycles. The summed E-state index contributed by atoms with van der Waals surface area (Å²) in [6, 6.07) is 14.2. The molecule has 0 aliphatic carbocycles. The van der Waals surface area contributed by atoms with Gasteiger partial charge in [0.05, 0.1) is 6.54 Å². The molecule has 0 radical (unpaired) electrons. The lowest BCUT2D eigenvalue weighted by molar-refractivity contribution is -0.192. The molecule has 0 bridgehead atoms. The van der Waals surface area contributed by atoms with Crippen molar-refractivity contribution in [2.45, 2.75) is 32.1 Å². The van der Waals surface area contributed by atoms with Crippen molar-refractivity contribution in [3.05, 3.63) is 59.5 Å². The van der Waals surface area contributed by atoms with Gasteiger partial charge in [0, 0.05) is 6.04 Å². The first-order valence-electron chi connectivity index (χ1n) is 7.33. The van der Waals surface area contributed by atoms with Crippen LogP contribution in [-0.4, -0.2) is 29.6 Å². The van der Waals surface area contributed by atoms with Crippen molar-refractivity contribution in [1.82, 2.24) is 5.32 Å². The van der Waals surface area contributed by atoms with Gasteiger partial charge in [0.2, 0.25) is 0 Å². The second-order valence-corrected chi connectivity index (χ2v) is 5.20. The van der Waals surface area contributed by atoms with Crippen LogP contribution in [0.4, 0.5) is 13.2 Å². The highest BCUT2D eigenvalue weighted by atomic mass is 19.4. The number of carboxylic acid groups (broad SMARTS) is 1. The number of carbonyl (C=O) groups is 2. The predicted octanol–water partition coefficient (Wildman–Crippen LogP) is 3.45. The Morgan fingerprint density at radius 1 is 1.24 bits per heavy atom. The van der Waals surface area contributed by atoms with E-state index in [-0.39, 0.29) is 0 Å². The number of aliphatic carboxylic acids is 1. The molecule has 1 aromatic carbocycles. The quantitative estimate of drug-likeness (QED) is 0.774. The highest BCUT2D eigenvalue weighted by molar-refractivity contribution is 5.73. The highest BCUT2D eigenvalue weighted by Gasteiger charge is 2.38. The molecule has 136 valence electrons. The number of hydrogen-bond acceptors (Lipinski definition) is 4. The number of rotatable bonds is 6. The largest absolute Gasteiger partial charge is 0.490 e. The van der Waals surface area contributed by atoms with E-state index in [1.165, 1.54) is 5.56 Å². The summed E-state index contributed by atoms with van der Waals surface area (Å²) < 4.78 is 37.0. The molecule has 0 amide bonds. The van der Waals surface area contributed by atoms with E-state index in [2.05, 4.69) is 24.4 Å². The van der Waals surface area contributed by atoms with E-state index in [4.69, 9.17) is 14.3 Å². The number of benzene rings is 1. The van der Waals surface area contributed by atoms with Gasteiger partial charge < -0.3 is 14.8 Å². The van der Waals surface area contributed by atoms with Crippen LogP contribution in [0.25, 0.3) is 0 Å². The summed E-state index contributed by atoms with van der Waals surface area (Å²) in [6.45, 7) is 2.78. The standard InChI is InChI=1S/C15H17NO2.C2HF3O2/c1-12(9-13-5-3-2-4-6-13)16-10-14-7-8-15(11-17)18-14;3-2(4,5)1(6)7/h2-8,11-12,16H,9-10H2,1H3;(H,6,7). The molecule has 2 N–H and O–H groups in total. The molecule has 1 atom stereocenters. The number of furan rings is 1. The molecule has 5 nitrogen and oxygen atoms in total. The van der Waals surface area contributed by atoms with Crippen LogP contribution in [0.5, 0.6) is 0 Å². The number of hydrogen-bond donors (Lipinski definition) is 2. The van der Waals surface area contributed by atoms with Crippen LogP contribution in [0.3, 0.4) is 0 Å². The molecular formula is C17H18F3NO4. The molecule has 0 fully saturated rings. The number of nitrogens with one attached hydrogen (secondary N) is 1. The van der Waals surface area contributed by atoms with Crippen LogP contribution in [0.1, 0.15) is 28.8 Å². The molecular weight excluding hydrogens is 339 g/mol. The van der Waals surface area contributed by atoms with E-state index < -0.39 is 12.1 Å². The van der Waals surface area contributed by atoms with Crippen molar-refractivity contribution in [2.24, 2.45) is 0 Å². The normalized spacial score (nSPS) is 12.0. The Hall–Kier alpha value is -2.61. The van der Waals surface area contributed by atoms with Crippen molar-refractivity contribution in [1.29, 1.82) is 0 Å². The number of halogens is 3. The summed E-state index contributed by atoms with van der Waals surface area (Å²) >= 11 is 0. The van der Waals surface area contributed by atoms with Crippen LogP contribution in [-0.2, 0) is 17.8 Å². The summed E-state index contributed by atoms with van der Waals surface area (Å²) in [5.74, 6) is -1.59. The fraction of sp³-hybridized carbons (Fsp3) is 0.294. The van der Waals surface area contributed by atoms with Gasteiger partial charge in [-0.3, -0.25) is 4.79 Å². The third kappa shape index (κ3) is 8.16. The average Bonchev–Trinajstić information content (AvgIpc) is 3.02. The van der Waals surface area contributed by atoms with Gasteiger partial charge in [-0.15, -0.1) is 0 Å². The van der Waals surface area contributed by atoms with Gasteiger partial charge in [-0.05, 0) is 31.0 Å². The molecule has 25 heavy (non-hydrogen) atoms. The zero-order chi connectivity index (χ0) is 18.9. The van der Waals surface area contributed by atoms with Crippen molar-refractivity contribution >= 4 is 12.3 Å². The summed E-state index contributed by atoms with van der Waals surface area (Å²) in [5.41, 5.74) is 1.31. The van der Waals surface area contributed by atoms with Gasteiger partial charge >= 0.3 is 12.1 Å². The van der Waals surface area contributed by atoms with Crippen molar-refractivity contribution in [3.8, 4) is 0 Å². The second-order valence-electron chi connectivity index (χ2n) is 5.20. The highest BCUT2D eigenvalue weighted by Crippen LogP contribution is 2.13. The zero-order valence-electron chi connectivity index (χ0n) is 13.4. The molecule has 0 saturated carbocycles. The van der Waals surface area contributed by atoms with Crippen LogP contribution >= 0.6 is 0 Å². The van der Waals surface area contributed by atoms with E-state index in [1.54, 1.807) is 6.07 Å². The van der Waals surface area contributed by atoms with Crippen LogP contribution in [0.2, 0.25) is 0 Å². The maximum Gasteiger partial charge on any atom is 0.490 e. The molecule has 2 rings (SSSR count). The molecule has 8 heteroatoms. The SMILES string of the molecule is CC(Cc1ccccc1)NCc1ccc(C=O)o1.O=C(O)C(F)(F)F. The second kappa shape index (κ2) is 9.63. The lowest BCUT2D eigenvalue weighted by atomic mass is 10.1. The van der Waals surface area contributed by atoms with E-state index in [9.17, 15) is 18.0 Å². The predicted molar refractivity (Wildman–Crippen MR) is 84.2 cm³/mol. The Bertz CT molecular complexity index is 668. The lowest BCUT2D eigenvalue weighted by Gasteiger charge is -2.12. The number of carbonyl (C=O) groups excluding carboxylic acids is 1. The summed E-state index contributed by atoms with van der Waals surface area (Å²) in [6.07, 6.45) is -3.39. The first kappa shape index (κ1) is 20.4. The van der Waals surface area contributed by atoms with Gasteiger partial charge in [0.1, 0.15) is 5.76 Å². The number of aldehydes is 1. The molecule has 0 aliphatic heterocycles. The topological polar surface area (TPSA) is 79.5 Å². The summed E-state index contributed by atoms with van der Waals surface area (Å²) in [4.78, 5) is 19.4. The Kier molecular flexibility index (Phi) is 7.87. The van der Waals surface area contributed by atoms with Gasteiger partial charge in [-0.1, -0.05) is 30.3 Å². The Morgan fingerprint density at radius 2 is 1.84 bits per heavy atom. The first-order chi connectivity index (χ1) is 11.7. The minimum atomic E-state index is -5.08. The third-order valence-electron chi connectivity index (χ3n) is 3.05. The minimum absolute atomic E-state index is 0.359. The molecule has 1 aromatic heterocycles. The van der Waals surface area contributed by atoms with E-state index in [0.29, 0.717) is 18.3 Å². The van der Waals surface area contributed by atoms with Crippen LogP contribution in [0.15, 0.2) is 46.9 Å². The van der Waals surface area contributed by atoms with Crippen molar-refractivity contribution in [3.63, 3.8) is 0 Å². The van der Waals surface area contributed by atoms with Crippen molar-refractivity contribution in [2.75, 3.05) is 0 Å². The fourth-order valence-corrected chi connectivity index (χ4v) is 1.87. The van der Waals surface area contributed by atoms with Crippen LogP contribution < -0.4 is 5.32 Å². The van der Waals surface area contributed by atoms with Gasteiger partial charge in [-0.2, -0.15) is 13.2 Å². The average molecular weight is 357 g/mol. The Labute approximate surface area is 142 Å². The van der Waals surface area contributed by atoms with Gasteiger partial charge in [0.25, 0.3) is 0 Å². The molecule has 0 spiro atoms. The number of carboxylic acids is 1. The maximum absolute atomic E-state index is 10.6. The third-order valence-corrected chi connectivity index (χ3v) is 3.05. The van der Waals surface area contributed by atoms with E-state index in [1.807, 2.05) is 24.3 Å². The summed E-state index contributed by atoms with van der Waals surface area (Å²) in [7, 11) is 0. The Balaban J connectivity index is 0.000000381. The number of alkyl halides is 3. The summed E-state index contributed by atoms with van der Waals surface area (Å²) in [5, 5.41) is 10.5. The Morgan fingerprint density at radius 3 is 2.32 bits per heavy atom. The molecule has 1 heterocycles. The molecule has 1 unspecified atom stereocenters. The molecule has 2 aromatic rings. The van der Waals surface area contributed by atoms with E-state index in [0.717, 1.165) is 18.5 Å².